The Labute approximate surface area is 200 Å². The van der Waals surface area contributed by atoms with Crippen LogP contribution in [0.3, 0.4) is 0 Å². The number of carbonyl (C=O) groups excluding carboxylic acids is 2. The van der Waals surface area contributed by atoms with Crippen LogP contribution in [0.5, 0.6) is 0 Å². The fourth-order valence-electron chi connectivity index (χ4n) is 4.79. The van der Waals surface area contributed by atoms with Gasteiger partial charge in [0.05, 0.1) is 30.8 Å². The number of ether oxygens (including phenoxy) is 1. The maximum absolute atomic E-state index is 13.2. The van der Waals surface area contributed by atoms with Crippen LogP contribution in [-0.4, -0.2) is 47.0 Å². The van der Waals surface area contributed by atoms with Crippen LogP contribution in [0.25, 0.3) is 0 Å². The number of aliphatic imine (C=N–C) groups is 1. The molecule has 0 aliphatic carbocycles. The van der Waals surface area contributed by atoms with Gasteiger partial charge < -0.3 is 14.5 Å². The van der Waals surface area contributed by atoms with Crippen molar-refractivity contribution in [1.29, 1.82) is 0 Å². The van der Waals surface area contributed by atoms with Crippen LogP contribution in [0.15, 0.2) is 45.6 Å². The molecule has 33 heavy (non-hydrogen) atoms. The van der Waals surface area contributed by atoms with Crippen LogP contribution in [0.2, 0.25) is 0 Å². The van der Waals surface area contributed by atoms with Gasteiger partial charge in [0.25, 0.3) is 0 Å². The number of methoxy groups -OCH3 is 1. The first-order valence-electron chi connectivity index (χ1n) is 11.7. The number of hydrogen-bond donors (Lipinski definition) is 0. The van der Waals surface area contributed by atoms with Crippen molar-refractivity contribution in [2.75, 3.05) is 20.2 Å². The molecular weight excluding hydrogens is 434 g/mol. The number of esters is 1. The Kier molecular flexibility index (Phi) is 6.98. The van der Waals surface area contributed by atoms with Gasteiger partial charge in [-0.3, -0.25) is 4.79 Å². The molecule has 0 saturated carbocycles. The second-order valence-electron chi connectivity index (χ2n) is 9.20. The van der Waals surface area contributed by atoms with Crippen molar-refractivity contribution in [3.8, 4) is 0 Å². The van der Waals surface area contributed by atoms with E-state index in [0.29, 0.717) is 24.3 Å². The first-order valence-corrected chi connectivity index (χ1v) is 12.6. The minimum Gasteiger partial charge on any atom is -0.466 e. The second-order valence-corrected chi connectivity index (χ2v) is 10.0. The highest BCUT2D eigenvalue weighted by Gasteiger charge is 2.42. The maximum atomic E-state index is 13.2. The van der Waals surface area contributed by atoms with E-state index in [1.54, 1.807) is 0 Å². The molecule has 1 aromatic rings. The fourth-order valence-corrected chi connectivity index (χ4v) is 5.72. The number of aryl methyl sites for hydroxylation is 2. The molecule has 1 unspecified atom stereocenters. The SMILES string of the molecule is CCC1=C(C(=O)OC)C(c2cc(C)ccc2C)N2C(CC(=O)N3CCC(C)CC3)=CSC2=N1. The monoisotopic (exact) mass is 467 g/mol. The molecule has 3 heterocycles. The number of allylic oxidation sites excluding steroid dienone is 1. The molecule has 1 amide bonds. The molecule has 6 nitrogen and oxygen atoms in total. The summed E-state index contributed by atoms with van der Waals surface area (Å²) < 4.78 is 5.22. The Morgan fingerprint density at radius 1 is 1.21 bits per heavy atom. The third-order valence-electron chi connectivity index (χ3n) is 6.83. The van der Waals surface area contributed by atoms with Crippen molar-refractivity contribution in [3.63, 3.8) is 0 Å². The van der Waals surface area contributed by atoms with Crippen molar-refractivity contribution < 1.29 is 14.3 Å². The van der Waals surface area contributed by atoms with E-state index in [-0.39, 0.29) is 17.9 Å². The molecule has 0 radical (unpaired) electrons. The number of amidine groups is 1. The number of thioether (sulfide) groups is 1. The lowest BCUT2D eigenvalue weighted by Crippen LogP contribution is -2.41. The van der Waals surface area contributed by atoms with E-state index < -0.39 is 0 Å². The summed E-state index contributed by atoms with van der Waals surface area (Å²) in [7, 11) is 1.42. The molecule has 0 spiro atoms. The number of hydrogen-bond acceptors (Lipinski definition) is 6. The molecule has 0 aromatic heterocycles. The Balaban J connectivity index is 1.73. The van der Waals surface area contributed by atoms with Gasteiger partial charge in [0.15, 0.2) is 5.17 Å². The topological polar surface area (TPSA) is 62.2 Å². The maximum Gasteiger partial charge on any atom is 0.338 e. The van der Waals surface area contributed by atoms with Crippen molar-refractivity contribution in [2.45, 2.75) is 59.4 Å². The van der Waals surface area contributed by atoms with E-state index in [0.717, 1.165) is 59.2 Å². The van der Waals surface area contributed by atoms with Gasteiger partial charge in [-0.1, -0.05) is 49.4 Å². The van der Waals surface area contributed by atoms with Crippen molar-refractivity contribution in [3.05, 3.63) is 57.3 Å². The predicted octanol–water partition coefficient (Wildman–Crippen LogP) is 5.09. The van der Waals surface area contributed by atoms with Gasteiger partial charge in [0, 0.05) is 18.8 Å². The lowest BCUT2D eigenvalue weighted by Gasteiger charge is -2.38. The van der Waals surface area contributed by atoms with Gasteiger partial charge in [0.1, 0.15) is 0 Å². The Bertz CT molecular complexity index is 1050. The average molecular weight is 468 g/mol. The summed E-state index contributed by atoms with van der Waals surface area (Å²) in [5, 5.41) is 2.84. The van der Waals surface area contributed by atoms with Crippen LogP contribution < -0.4 is 0 Å². The first-order chi connectivity index (χ1) is 15.8. The third-order valence-corrected chi connectivity index (χ3v) is 7.72. The fraction of sp³-hybridized carbons (Fsp3) is 0.500. The summed E-state index contributed by atoms with van der Waals surface area (Å²) in [6.45, 7) is 10.00. The predicted molar refractivity (Wildman–Crippen MR) is 133 cm³/mol. The van der Waals surface area contributed by atoms with E-state index in [4.69, 9.17) is 9.73 Å². The number of benzene rings is 1. The molecule has 1 saturated heterocycles. The zero-order valence-electron chi connectivity index (χ0n) is 20.2. The third kappa shape index (κ3) is 4.60. The number of fused-ring (bicyclic) bond motifs is 1. The minimum absolute atomic E-state index is 0.139. The second kappa shape index (κ2) is 9.75. The zero-order chi connectivity index (χ0) is 23.7. The summed E-state index contributed by atoms with van der Waals surface area (Å²) in [6, 6.07) is 5.93. The smallest absolute Gasteiger partial charge is 0.338 e. The van der Waals surface area contributed by atoms with E-state index in [9.17, 15) is 9.59 Å². The summed E-state index contributed by atoms with van der Waals surface area (Å²) in [6.07, 6.45) is 3.04. The normalized spacial score (nSPS) is 21.1. The number of nitrogens with zero attached hydrogens (tertiary/aromatic N) is 3. The van der Waals surface area contributed by atoms with Crippen molar-refractivity contribution in [2.24, 2.45) is 10.9 Å². The molecule has 176 valence electrons. The highest BCUT2D eigenvalue weighted by atomic mass is 32.2. The van der Waals surface area contributed by atoms with E-state index in [2.05, 4.69) is 43.9 Å². The number of piperidine rings is 1. The van der Waals surface area contributed by atoms with E-state index in [1.165, 1.54) is 18.9 Å². The largest absolute Gasteiger partial charge is 0.466 e. The Morgan fingerprint density at radius 2 is 1.94 bits per heavy atom. The summed E-state index contributed by atoms with van der Waals surface area (Å²) in [4.78, 5) is 35.1. The van der Waals surface area contributed by atoms with Crippen LogP contribution >= 0.6 is 11.8 Å². The van der Waals surface area contributed by atoms with Crippen LogP contribution in [-0.2, 0) is 14.3 Å². The first kappa shape index (κ1) is 23.6. The summed E-state index contributed by atoms with van der Waals surface area (Å²) in [5.74, 6) is 0.442. The van der Waals surface area contributed by atoms with Gasteiger partial charge >= 0.3 is 5.97 Å². The Morgan fingerprint density at radius 3 is 2.61 bits per heavy atom. The number of carbonyl (C=O) groups is 2. The van der Waals surface area contributed by atoms with E-state index in [1.807, 2.05) is 17.2 Å². The molecule has 4 rings (SSSR count). The van der Waals surface area contributed by atoms with Crippen molar-refractivity contribution >= 4 is 28.8 Å². The molecule has 3 aliphatic heterocycles. The van der Waals surface area contributed by atoms with Gasteiger partial charge in [0.2, 0.25) is 5.91 Å². The molecule has 0 N–H and O–H groups in total. The molecule has 1 atom stereocenters. The Hall–Kier alpha value is -2.54. The quantitative estimate of drug-likeness (QED) is 0.565. The highest BCUT2D eigenvalue weighted by Crippen LogP contribution is 2.46. The van der Waals surface area contributed by atoms with Crippen LogP contribution in [0, 0.1) is 19.8 Å². The molecule has 3 aliphatic rings. The summed E-state index contributed by atoms with van der Waals surface area (Å²) >= 11 is 1.53. The lowest BCUT2D eigenvalue weighted by atomic mass is 9.89. The minimum atomic E-state index is -0.367. The van der Waals surface area contributed by atoms with Gasteiger partial charge in [-0.2, -0.15) is 0 Å². The average Bonchev–Trinajstić information content (AvgIpc) is 3.21. The standard InChI is InChI=1S/C26H33N3O3S/c1-6-21-23(25(31)32-5)24(20-13-17(3)7-8-18(20)4)29-19(15-33-26(29)27-21)14-22(30)28-11-9-16(2)10-12-28/h7-8,13,15-16,24H,6,9-12,14H2,1-5H3. The summed E-state index contributed by atoms with van der Waals surface area (Å²) in [5.41, 5.74) is 5.46. The molecule has 1 aromatic carbocycles. The van der Waals surface area contributed by atoms with Crippen molar-refractivity contribution in [1.82, 2.24) is 9.80 Å². The molecule has 1 fully saturated rings. The highest BCUT2D eigenvalue weighted by molar-refractivity contribution is 8.16. The zero-order valence-corrected chi connectivity index (χ0v) is 21.0. The van der Waals surface area contributed by atoms with Gasteiger partial charge in [-0.25, -0.2) is 9.79 Å². The van der Waals surface area contributed by atoms with Crippen LogP contribution in [0.1, 0.15) is 62.3 Å². The van der Waals surface area contributed by atoms with Crippen LogP contribution in [0.4, 0.5) is 0 Å². The number of likely N-dealkylation sites (tertiary alicyclic amines) is 1. The van der Waals surface area contributed by atoms with Gasteiger partial charge in [-0.05, 0) is 55.6 Å². The number of rotatable bonds is 5. The number of amides is 1. The van der Waals surface area contributed by atoms with E-state index >= 15 is 0 Å². The lowest BCUT2D eigenvalue weighted by molar-refractivity contribution is -0.136. The molecule has 0 bridgehead atoms. The molecular formula is C26H33N3O3S. The molecule has 7 heteroatoms. The van der Waals surface area contributed by atoms with Gasteiger partial charge in [-0.15, -0.1) is 0 Å².